The number of halogens is 6. The first-order valence-electron chi connectivity index (χ1n) is 10.6. The van der Waals surface area contributed by atoms with Crippen LogP contribution in [0, 0.1) is 0 Å². The van der Waals surface area contributed by atoms with Crippen molar-refractivity contribution in [1.82, 2.24) is 15.1 Å². The van der Waals surface area contributed by atoms with Crippen LogP contribution in [0.3, 0.4) is 0 Å². The Kier molecular flexibility index (Phi) is 6.09. The zero-order chi connectivity index (χ0) is 26.5. The van der Waals surface area contributed by atoms with Gasteiger partial charge in [-0.1, -0.05) is 30.3 Å². The van der Waals surface area contributed by atoms with Gasteiger partial charge in [0.15, 0.2) is 11.5 Å². The zero-order valence-electron chi connectivity index (χ0n) is 18.9. The number of carbonyl (C=O) groups is 2. The molecule has 1 heterocycles. The summed E-state index contributed by atoms with van der Waals surface area (Å²) in [6.45, 7) is 1.39. The van der Waals surface area contributed by atoms with Crippen molar-refractivity contribution in [3.63, 3.8) is 0 Å². The summed E-state index contributed by atoms with van der Waals surface area (Å²) < 4.78 is 86.5. The second-order valence-electron chi connectivity index (χ2n) is 8.45. The van der Waals surface area contributed by atoms with Gasteiger partial charge < -0.3 is 10.1 Å². The van der Waals surface area contributed by atoms with Crippen molar-refractivity contribution < 1.29 is 40.7 Å². The molecule has 1 fully saturated rings. The molecule has 0 radical (unpaired) electrons. The summed E-state index contributed by atoms with van der Waals surface area (Å²) in [7, 11) is 1.09. The smallest absolute Gasteiger partial charge is 0.436 e. The highest BCUT2D eigenvalue weighted by Crippen LogP contribution is 2.47. The highest BCUT2D eigenvalue weighted by molar-refractivity contribution is 5.99. The molecule has 1 aliphatic carbocycles. The van der Waals surface area contributed by atoms with Gasteiger partial charge in [-0.2, -0.15) is 31.4 Å². The molecule has 190 valence electrons. The van der Waals surface area contributed by atoms with Crippen molar-refractivity contribution in [3.8, 4) is 11.6 Å². The van der Waals surface area contributed by atoms with E-state index in [-0.39, 0.29) is 5.78 Å². The Balaban J connectivity index is 1.70. The Hall–Kier alpha value is -3.83. The highest BCUT2D eigenvalue weighted by atomic mass is 19.4. The van der Waals surface area contributed by atoms with E-state index in [1.165, 1.54) is 6.92 Å². The summed E-state index contributed by atoms with van der Waals surface area (Å²) in [5.74, 6) is -2.40. The van der Waals surface area contributed by atoms with Gasteiger partial charge >= 0.3 is 12.4 Å². The number of ether oxygens (including phenoxy) is 1. The van der Waals surface area contributed by atoms with Crippen molar-refractivity contribution in [3.05, 3.63) is 76.5 Å². The minimum absolute atomic E-state index is 0.169. The Morgan fingerprint density at radius 2 is 1.64 bits per heavy atom. The summed E-state index contributed by atoms with van der Waals surface area (Å²) in [6.07, 6.45) is -8.88. The second-order valence-corrected chi connectivity index (χ2v) is 8.45. The van der Waals surface area contributed by atoms with Gasteiger partial charge in [0, 0.05) is 12.6 Å². The van der Waals surface area contributed by atoms with Crippen molar-refractivity contribution in [1.29, 1.82) is 0 Å². The Labute approximate surface area is 200 Å². The van der Waals surface area contributed by atoms with Gasteiger partial charge in [-0.25, -0.2) is 4.68 Å². The fraction of sp³-hybridized carbons (Fsp3) is 0.292. The molecule has 0 atom stereocenters. The third-order valence-electron chi connectivity index (χ3n) is 5.81. The predicted molar refractivity (Wildman–Crippen MR) is 115 cm³/mol. The molecule has 36 heavy (non-hydrogen) atoms. The molecule has 1 aliphatic rings. The maximum atomic E-state index is 13.8. The molecule has 1 amide bonds. The molecular formula is C24H19F6N3O3. The van der Waals surface area contributed by atoms with Crippen LogP contribution in [0.1, 0.15) is 57.3 Å². The summed E-state index contributed by atoms with van der Waals surface area (Å²) in [5, 5.41) is 5.97. The van der Waals surface area contributed by atoms with Gasteiger partial charge in [-0.15, -0.1) is 0 Å². The molecule has 0 unspecified atom stereocenters. The maximum Gasteiger partial charge on any atom is 0.436 e. The lowest BCUT2D eigenvalue weighted by Crippen LogP contribution is -2.36. The fourth-order valence-corrected chi connectivity index (χ4v) is 3.79. The van der Waals surface area contributed by atoms with Crippen LogP contribution in [0.2, 0.25) is 0 Å². The van der Waals surface area contributed by atoms with Crippen molar-refractivity contribution in [2.24, 2.45) is 7.05 Å². The van der Waals surface area contributed by atoms with Crippen molar-refractivity contribution in [2.75, 3.05) is 0 Å². The first-order valence-corrected chi connectivity index (χ1v) is 10.6. The van der Waals surface area contributed by atoms with Crippen LogP contribution in [-0.4, -0.2) is 21.5 Å². The number of Topliss-reactive ketones (excluding diaryl/α,β-unsaturated/α-hetero) is 1. The van der Waals surface area contributed by atoms with Crippen LogP contribution in [-0.2, 0) is 24.9 Å². The van der Waals surface area contributed by atoms with Crippen molar-refractivity contribution >= 4 is 11.7 Å². The lowest BCUT2D eigenvalue weighted by atomic mass is 10.0. The molecule has 1 N–H and O–H groups in total. The lowest BCUT2D eigenvalue weighted by Gasteiger charge is -2.19. The summed E-state index contributed by atoms with van der Waals surface area (Å²) >= 11 is 0. The summed E-state index contributed by atoms with van der Waals surface area (Å²) in [4.78, 5) is 24.7. The molecule has 0 spiro atoms. The number of nitrogens with one attached hydrogen (secondary N) is 1. The molecule has 12 heteroatoms. The van der Waals surface area contributed by atoms with Crippen LogP contribution < -0.4 is 10.1 Å². The number of hydrogen-bond donors (Lipinski definition) is 1. The molecule has 1 aromatic heterocycles. The number of carbonyl (C=O) groups excluding carboxylic acids is 2. The van der Waals surface area contributed by atoms with Gasteiger partial charge in [0.05, 0.1) is 11.1 Å². The monoisotopic (exact) mass is 511 g/mol. The molecule has 6 nitrogen and oxygen atoms in total. The molecule has 0 bridgehead atoms. The van der Waals surface area contributed by atoms with E-state index in [9.17, 15) is 35.9 Å². The van der Waals surface area contributed by atoms with Gasteiger partial charge in [0.1, 0.15) is 11.3 Å². The Morgan fingerprint density at radius 1 is 1.00 bits per heavy atom. The number of amides is 1. The maximum absolute atomic E-state index is 13.8. The molecule has 0 aliphatic heterocycles. The highest BCUT2D eigenvalue weighted by Gasteiger charge is 2.49. The lowest BCUT2D eigenvalue weighted by molar-refractivity contribution is -0.141. The van der Waals surface area contributed by atoms with E-state index >= 15 is 0 Å². The van der Waals surface area contributed by atoms with E-state index in [2.05, 4.69) is 10.4 Å². The molecule has 4 rings (SSSR count). The number of aryl methyl sites for hydroxylation is 1. The molecule has 1 saturated carbocycles. The molecule has 2 aromatic carbocycles. The third-order valence-corrected chi connectivity index (χ3v) is 5.81. The first-order chi connectivity index (χ1) is 16.7. The van der Waals surface area contributed by atoms with Gasteiger partial charge in [0.2, 0.25) is 5.88 Å². The Morgan fingerprint density at radius 3 is 2.17 bits per heavy atom. The summed E-state index contributed by atoms with van der Waals surface area (Å²) in [5.41, 5.74) is -3.49. The third kappa shape index (κ3) is 4.93. The normalized spacial score (nSPS) is 14.9. The van der Waals surface area contributed by atoms with E-state index in [4.69, 9.17) is 4.74 Å². The van der Waals surface area contributed by atoms with Crippen molar-refractivity contribution in [2.45, 2.75) is 37.7 Å². The number of aromatic nitrogens is 2. The average Bonchev–Trinajstić information content (AvgIpc) is 3.49. The average molecular weight is 511 g/mol. The molecule has 0 saturated heterocycles. The topological polar surface area (TPSA) is 73.2 Å². The standard InChI is InChI=1S/C24H19F6N3O3/c1-13(34)14-6-8-15(9-7-14)22(10-11-22)31-20(35)18-19(24(28,29)30)32-33(2)21(18)36-17-5-3-4-16(12-17)23(25,26)27/h3-9,12H,10-11H2,1-2H3,(H,31,35). The predicted octanol–water partition coefficient (Wildman–Crippen LogP) is 5.87. The zero-order valence-corrected chi connectivity index (χ0v) is 18.9. The molecular weight excluding hydrogens is 492 g/mol. The van der Waals surface area contributed by atoms with Crippen LogP contribution in [0.25, 0.3) is 0 Å². The van der Waals surface area contributed by atoms with E-state index in [0.29, 0.717) is 34.7 Å². The fourth-order valence-electron chi connectivity index (χ4n) is 3.79. The SMILES string of the molecule is CC(=O)c1ccc(C2(NC(=O)c3c(C(F)(F)F)nn(C)c3Oc3cccc(C(F)(F)F)c3)CC2)cc1. The number of benzene rings is 2. The van der Waals surface area contributed by atoms with Crippen LogP contribution in [0.15, 0.2) is 48.5 Å². The van der Waals surface area contributed by atoms with E-state index < -0.39 is 52.2 Å². The van der Waals surface area contributed by atoms with Crippen LogP contribution >= 0.6 is 0 Å². The number of alkyl halides is 6. The van der Waals surface area contributed by atoms with Crippen LogP contribution in [0.5, 0.6) is 11.6 Å². The largest absolute Gasteiger partial charge is 0.438 e. The number of nitrogens with zero attached hydrogens (tertiary/aromatic N) is 2. The second kappa shape index (κ2) is 8.68. The van der Waals surface area contributed by atoms with E-state index in [0.717, 1.165) is 25.2 Å². The van der Waals surface area contributed by atoms with E-state index in [1.54, 1.807) is 24.3 Å². The number of hydrogen-bond acceptors (Lipinski definition) is 4. The quantitative estimate of drug-likeness (QED) is 0.332. The van der Waals surface area contributed by atoms with Gasteiger partial charge in [-0.3, -0.25) is 9.59 Å². The minimum Gasteiger partial charge on any atom is -0.438 e. The number of ketones is 1. The first kappa shape index (κ1) is 25.3. The Bertz CT molecular complexity index is 1320. The van der Waals surface area contributed by atoms with Gasteiger partial charge in [-0.05, 0) is 43.5 Å². The van der Waals surface area contributed by atoms with E-state index in [1.807, 2.05) is 0 Å². The van der Waals surface area contributed by atoms with Crippen LogP contribution in [0.4, 0.5) is 26.3 Å². The number of rotatable bonds is 6. The molecule has 3 aromatic rings. The summed E-state index contributed by atoms with van der Waals surface area (Å²) in [6, 6.07) is 9.86. The minimum atomic E-state index is -5.04. The van der Waals surface area contributed by atoms with Gasteiger partial charge in [0.25, 0.3) is 5.91 Å².